The Bertz CT molecular complexity index is 590. The van der Waals surface area contributed by atoms with Gasteiger partial charge in [0.15, 0.2) is 0 Å². The predicted octanol–water partition coefficient (Wildman–Crippen LogP) is 4.28. The van der Waals surface area contributed by atoms with Crippen LogP contribution in [0, 0.1) is 6.92 Å². The fraction of sp³-hybridized carbons (Fsp3) is 0.267. The topological polar surface area (TPSA) is 26.3 Å². The van der Waals surface area contributed by atoms with Crippen LogP contribution >= 0.6 is 22.9 Å². The van der Waals surface area contributed by atoms with E-state index in [1.807, 2.05) is 31.2 Å². The van der Waals surface area contributed by atoms with Crippen molar-refractivity contribution in [3.8, 4) is 0 Å². The summed E-state index contributed by atoms with van der Waals surface area (Å²) in [6.45, 7) is 2.03. The van der Waals surface area contributed by atoms with Crippen LogP contribution in [0.1, 0.15) is 25.7 Å². The molecule has 0 N–H and O–H groups in total. The van der Waals surface area contributed by atoms with Gasteiger partial charge in [0.05, 0.1) is 7.11 Å². The molecule has 0 aliphatic heterocycles. The summed E-state index contributed by atoms with van der Waals surface area (Å²) >= 11 is 7.45. The summed E-state index contributed by atoms with van der Waals surface area (Å²) in [6.07, 6.45) is 1.82. The number of carbonyl (C=O) groups excluding carboxylic acids is 1. The molecule has 0 atom stereocenters. The summed E-state index contributed by atoms with van der Waals surface area (Å²) in [6, 6.07) is 9.80. The van der Waals surface area contributed by atoms with Crippen LogP contribution in [0.2, 0.25) is 5.02 Å². The Labute approximate surface area is 122 Å². The highest BCUT2D eigenvalue weighted by molar-refractivity contribution is 7.14. The van der Waals surface area contributed by atoms with E-state index in [0.717, 1.165) is 17.9 Å². The van der Waals surface area contributed by atoms with Gasteiger partial charge in [0, 0.05) is 9.90 Å². The van der Waals surface area contributed by atoms with Crippen LogP contribution in [0.25, 0.3) is 0 Å². The molecule has 2 aromatic rings. The number of hydrogen-bond donors (Lipinski definition) is 0. The Balaban J connectivity index is 2.07. The molecule has 0 fully saturated rings. The van der Waals surface area contributed by atoms with Crippen LogP contribution in [0.4, 0.5) is 0 Å². The zero-order valence-electron chi connectivity index (χ0n) is 10.9. The maximum Gasteiger partial charge on any atom is 0.348 e. The molecular formula is C15H15ClO2S. The molecule has 2 nitrogen and oxygen atoms in total. The maximum absolute atomic E-state index is 11.5. The second-order valence-corrected chi connectivity index (χ2v) is 6.01. The van der Waals surface area contributed by atoms with Crippen molar-refractivity contribution >= 4 is 28.9 Å². The van der Waals surface area contributed by atoms with E-state index in [2.05, 4.69) is 6.07 Å². The molecule has 0 radical (unpaired) electrons. The van der Waals surface area contributed by atoms with Crippen molar-refractivity contribution < 1.29 is 9.53 Å². The number of benzene rings is 1. The first kappa shape index (κ1) is 14.1. The lowest BCUT2D eigenvalue weighted by atomic mass is 10.1. The molecule has 0 aliphatic carbocycles. The summed E-state index contributed by atoms with van der Waals surface area (Å²) in [5, 5.41) is 0.759. The number of methoxy groups -OCH3 is 1. The molecule has 100 valence electrons. The fourth-order valence-electron chi connectivity index (χ4n) is 1.94. The van der Waals surface area contributed by atoms with E-state index in [0.29, 0.717) is 4.88 Å². The van der Waals surface area contributed by atoms with Crippen molar-refractivity contribution in [3.63, 3.8) is 0 Å². The Morgan fingerprint density at radius 1 is 1.32 bits per heavy atom. The van der Waals surface area contributed by atoms with Crippen molar-refractivity contribution in [2.75, 3.05) is 7.11 Å². The lowest BCUT2D eigenvalue weighted by molar-refractivity contribution is 0.0606. The predicted molar refractivity (Wildman–Crippen MR) is 79.3 cm³/mol. The minimum atomic E-state index is -0.262. The van der Waals surface area contributed by atoms with Crippen molar-refractivity contribution in [3.05, 3.63) is 56.2 Å². The normalized spacial score (nSPS) is 10.5. The van der Waals surface area contributed by atoms with Crippen LogP contribution in [0.15, 0.2) is 30.3 Å². The van der Waals surface area contributed by atoms with Gasteiger partial charge in [-0.2, -0.15) is 0 Å². The first-order valence-corrected chi connectivity index (χ1v) is 7.21. The Morgan fingerprint density at radius 2 is 2.11 bits per heavy atom. The molecule has 0 aliphatic rings. The van der Waals surface area contributed by atoms with Crippen LogP contribution in [-0.4, -0.2) is 13.1 Å². The molecule has 0 bridgehead atoms. The lowest BCUT2D eigenvalue weighted by Crippen LogP contribution is -1.97. The number of rotatable bonds is 4. The molecular weight excluding hydrogens is 280 g/mol. The maximum atomic E-state index is 11.5. The van der Waals surface area contributed by atoms with E-state index in [1.165, 1.54) is 34.5 Å². The summed E-state index contributed by atoms with van der Waals surface area (Å²) in [4.78, 5) is 13.3. The fourth-order valence-corrected chi connectivity index (χ4v) is 3.14. The minimum absolute atomic E-state index is 0.262. The summed E-state index contributed by atoms with van der Waals surface area (Å²) in [7, 11) is 1.41. The molecule has 1 aromatic heterocycles. The molecule has 0 spiro atoms. The zero-order chi connectivity index (χ0) is 13.8. The van der Waals surface area contributed by atoms with Crippen LogP contribution in [-0.2, 0) is 17.6 Å². The third-order valence-electron chi connectivity index (χ3n) is 2.98. The molecule has 1 heterocycles. The largest absolute Gasteiger partial charge is 0.465 e. The molecule has 2 rings (SSSR count). The van der Waals surface area contributed by atoms with Crippen LogP contribution in [0.5, 0.6) is 0 Å². The highest BCUT2D eigenvalue weighted by Crippen LogP contribution is 2.24. The highest BCUT2D eigenvalue weighted by atomic mass is 35.5. The standard InChI is InChI=1S/C15H15ClO2S/c1-10-12(9-14(19-10)15(17)18-2)7-6-11-4-3-5-13(16)8-11/h3-5,8-9H,6-7H2,1-2H3. The van der Waals surface area contributed by atoms with Gasteiger partial charge < -0.3 is 4.74 Å². The van der Waals surface area contributed by atoms with Crippen molar-refractivity contribution in [1.82, 2.24) is 0 Å². The number of ether oxygens (including phenoxy) is 1. The van der Waals surface area contributed by atoms with Gasteiger partial charge in [0.2, 0.25) is 0 Å². The first-order chi connectivity index (χ1) is 9.10. The number of esters is 1. The Kier molecular flexibility index (Phi) is 4.61. The molecule has 0 saturated carbocycles. The van der Waals surface area contributed by atoms with E-state index in [9.17, 15) is 4.79 Å². The molecule has 19 heavy (non-hydrogen) atoms. The Morgan fingerprint density at radius 3 is 2.79 bits per heavy atom. The van der Waals surface area contributed by atoms with Crippen molar-refractivity contribution in [2.45, 2.75) is 19.8 Å². The average molecular weight is 295 g/mol. The number of thiophene rings is 1. The summed E-state index contributed by atoms with van der Waals surface area (Å²) in [5.41, 5.74) is 2.41. The third-order valence-corrected chi connectivity index (χ3v) is 4.29. The van der Waals surface area contributed by atoms with Gasteiger partial charge in [-0.1, -0.05) is 23.7 Å². The van der Waals surface area contributed by atoms with E-state index < -0.39 is 0 Å². The van der Waals surface area contributed by atoms with Crippen LogP contribution < -0.4 is 0 Å². The van der Waals surface area contributed by atoms with E-state index in [1.54, 1.807) is 0 Å². The molecule has 4 heteroatoms. The quantitative estimate of drug-likeness (QED) is 0.787. The Hall–Kier alpha value is -1.32. The second-order valence-electron chi connectivity index (χ2n) is 4.31. The second kappa shape index (κ2) is 6.22. The van der Waals surface area contributed by atoms with Crippen LogP contribution in [0.3, 0.4) is 0 Å². The molecule has 0 unspecified atom stereocenters. The SMILES string of the molecule is COC(=O)c1cc(CCc2cccc(Cl)c2)c(C)s1. The van der Waals surface area contributed by atoms with Gasteiger partial charge >= 0.3 is 5.97 Å². The number of aryl methyl sites for hydroxylation is 3. The van der Waals surface area contributed by atoms with E-state index in [-0.39, 0.29) is 5.97 Å². The third kappa shape index (κ3) is 3.58. The number of carbonyl (C=O) groups is 1. The smallest absolute Gasteiger partial charge is 0.348 e. The molecule has 0 amide bonds. The van der Waals surface area contributed by atoms with E-state index in [4.69, 9.17) is 16.3 Å². The van der Waals surface area contributed by atoms with Gasteiger partial charge in [-0.25, -0.2) is 4.79 Å². The van der Waals surface area contributed by atoms with Gasteiger partial charge in [0.1, 0.15) is 4.88 Å². The zero-order valence-corrected chi connectivity index (χ0v) is 12.5. The van der Waals surface area contributed by atoms with Gasteiger partial charge in [-0.15, -0.1) is 11.3 Å². The monoisotopic (exact) mass is 294 g/mol. The van der Waals surface area contributed by atoms with Crippen molar-refractivity contribution in [2.24, 2.45) is 0 Å². The van der Waals surface area contributed by atoms with Gasteiger partial charge in [-0.3, -0.25) is 0 Å². The van der Waals surface area contributed by atoms with Gasteiger partial charge in [-0.05, 0) is 49.1 Å². The van der Waals surface area contributed by atoms with Crippen molar-refractivity contribution in [1.29, 1.82) is 0 Å². The summed E-state index contributed by atoms with van der Waals surface area (Å²) < 4.78 is 4.74. The molecule has 0 saturated heterocycles. The summed E-state index contributed by atoms with van der Waals surface area (Å²) in [5.74, 6) is -0.262. The number of hydrogen-bond acceptors (Lipinski definition) is 3. The number of halogens is 1. The average Bonchev–Trinajstić information content (AvgIpc) is 2.77. The van der Waals surface area contributed by atoms with E-state index >= 15 is 0 Å². The lowest BCUT2D eigenvalue weighted by Gasteiger charge is -2.01. The highest BCUT2D eigenvalue weighted by Gasteiger charge is 2.12. The minimum Gasteiger partial charge on any atom is -0.465 e. The first-order valence-electron chi connectivity index (χ1n) is 6.02. The van der Waals surface area contributed by atoms with Gasteiger partial charge in [0.25, 0.3) is 0 Å². The molecule has 1 aromatic carbocycles.